The lowest BCUT2D eigenvalue weighted by Crippen LogP contribution is -2.46. The van der Waals surface area contributed by atoms with Crippen molar-refractivity contribution in [3.05, 3.63) is 0 Å². The molecule has 2 heteroatoms. The second-order valence-electron chi connectivity index (χ2n) is 7.73. The van der Waals surface area contributed by atoms with Crippen LogP contribution in [-0.4, -0.2) is 36.6 Å². The number of likely N-dealkylation sites (tertiary alicyclic amines) is 1. The molecule has 0 radical (unpaired) electrons. The minimum atomic E-state index is 0.375. The van der Waals surface area contributed by atoms with Gasteiger partial charge in [-0.15, -0.1) is 0 Å². The Labute approximate surface area is 120 Å². The number of nitrogens with one attached hydrogen (secondary N) is 1. The van der Waals surface area contributed by atoms with Crippen LogP contribution in [0.4, 0.5) is 0 Å². The zero-order valence-electron chi connectivity index (χ0n) is 13.4. The maximum absolute atomic E-state index is 3.47. The average Bonchev–Trinajstić information content (AvgIpc) is 2.39. The molecule has 0 bridgehead atoms. The molecule has 0 amide bonds. The number of nitrogens with zero attached hydrogens (tertiary/aromatic N) is 1. The molecule has 0 saturated carbocycles. The van der Waals surface area contributed by atoms with E-state index in [0.29, 0.717) is 5.54 Å². The van der Waals surface area contributed by atoms with Gasteiger partial charge in [-0.1, -0.05) is 19.3 Å². The Morgan fingerprint density at radius 2 is 1.42 bits per heavy atom. The minimum Gasteiger partial charge on any atom is -0.317 e. The van der Waals surface area contributed by atoms with Crippen molar-refractivity contribution in [2.75, 3.05) is 26.2 Å². The van der Waals surface area contributed by atoms with E-state index in [0.717, 1.165) is 11.8 Å². The highest BCUT2D eigenvalue weighted by molar-refractivity contribution is 4.82. The van der Waals surface area contributed by atoms with E-state index >= 15 is 0 Å². The number of hydrogen-bond acceptors (Lipinski definition) is 2. The van der Waals surface area contributed by atoms with Crippen molar-refractivity contribution in [1.82, 2.24) is 10.2 Å². The first-order chi connectivity index (χ1) is 9.05. The molecule has 19 heavy (non-hydrogen) atoms. The lowest BCUT2D eigenvalue weighted by molar-refractivity contribution is 0.0842. The van der Waals surface area contributed by atoms with Gasteiger partial charge in [0, 0.05) is 5.54 Å². The van der Waals surface area contributed by atoms with Crippen molar-refractivity contribution < 1.29 is 0 Å². The summed E-state index contributed by atoms with van der Waals surface area (Å²) in [6.45, 7) is 12.2. The summed E-state index contributed by atoms with van der Waals surface area (Å²) in [5, 5.41) is 3.47. The zero-order valence-corrected chi connectivity index (χ0v) is 13.4. The van der Waals surface area contributed by atoms with Crippen LogP contribution < -0.4 is 5.32 Å². The predicted octanol–water partition coefficient (Wildman–Crippen LogP) is 3.67. The summed E-state index contributed by atoms with van der Waals surface area (Å²) in [6, 6.07) is 0. The molecule has 0 aromatic rings. The average molecular weight is 266 g/mol. The van der Waals surface area contributed by atoms with Crippen molar-refractivity contribution in [2.45, 2.75) is 71.3 Å². The van der Waals surface area contributed by atoms with Crippen molar-refractivity contribution in [3.63, 3.8) is 0 Å². The van der Waals surface area contributed by atoms with Gasteiger partial charge in [0.1, 0.15) is 0 Å². The highest BCUT2D eigenvalue weighted by atomic mass is 15.2. The van der Waals surface area contributed by atoms with Crippen LogP contribution in [0.1, 0.15) is 65.7 Å². The van der Waals surface area contributed by atoms with Gasteiger partial charge in [0.25, 0.3) is 0 Å². The molecule has 2 aliphatic rings. The molecule has 2 rings (SSSR count). The summed E-state index contributed by atoms with van der Waals surface area (Å²) in [4.78, 5) is 2.66. The maximum Gasteiger partial charge on any atom is 0.0125 e. The second kappa shape index (κ2) is 7.08. The van der Waals surface area contributed by atoms with Gasteiger partial charge in [-0.3, -0.25) is 4.90 Å². The van der Waals surface area contributed by atoms with Gasteiger partial charge in [0.15, 0.2) is 0 Å². The second-order valence-corrected chi connectivity index (χ2v) is 7.73. The monoisotopic (exact) mass is 266 g/mol. The van der Waals surface area contributed by atoms with Gasteiger partial charge >= 0.3 is 0 Å². The largest absolute Gasteiger partial charge is 0.317 e. The van der Waals surface area contributed by atoms with Crippen molar-refractivity contribution in [2.24, 2.45) is 11.8 Å². The van der Waals surface area contributed by atoms with Gasteiger partial charge < -0.3 is 5.32 Å². The molecule has 0 aliphatic carbocycles. The van der Waals surface area contributed by atoms with Crippen molar-refractivity contribution in [3.8, 4) is 0 Å². The highest BCUT2D eigenvalue weighted by Crippen LogP contribution is 2.28. The SMILES string of the molecule is CC(C)(C)N1CCC(CCCC2CCNCC2)CC1. The highest BCUT2D eigenvalue weighted by Gasteiger charge is 2.26. The third-order valence-corrected chi connectivity index (χ3v) is 5.25. The maximum atomic E-state index is 3.47. The Balaban J connectivity index is 1.58. The summed E-state index contributed by atoms with van der Waals surface area (Å²) in [5.74, 6) is 2.04. The van der Waals surface area contributed by atoms with Gasteiger partial charge in [0.05, 0.1) is 0 Å². The van der Waals surface area contributed by atoms with E-state index < -0.39 is 0 Å². The van der Waals surface area contributed by atoms with Crippen LogP contribution in [0.2, 0.25) is 0 Å². The molecular weight excluding hydrogens is 232 g/mol. The van der Waals surface area contributed by atoms with Gasteiger partial charge in [-0.05, 0) is 84.5 Å². The Kier molecular flexibility index (Phi) is 5.70. The molecule has 2 fully saturated rings. The number of hydrogen-bond donors (Lipinski definition) is 1. The molecule has 112 valence electrons. The van der Waals surface area contributed by atoms with Crippen LogP contribution in [-0.2, 0) is 0 Å². The zero-order chi connectivity index (χ0) is 13.7. The Bertz CT molecular complexity index is 242. The van der Waals surface area contributed by atoms with Crippen LogP contribution in [0.3, 0.4) is 0 Å². The van der Waals surface area contributed by atoms with E-state index in [1.54, 1.807) is 0 Å². The third-order valence-electron chi connectivity index (χ3n) is 5.25. The molecule has 0 spiro atoms. The van der Waals surface area contributed by atoms with E-state index in [4.69, 9.17) is 0 Å². The Morgan fingerprint density at radius 1 is 0.895 bits per heavy atom. The first-order valence-corrected chi connectivity index (χ1v) is 8.51. The van der Waals surface area contributed by atoms with Gasteiger partial charge in [-0.2, -0.15) is 0 Å². The van der Waals surface area contributed by atoms with E-state index in [1.165, 1.54) is 71.1 Å². The molecule has 2 nitrogen and oxygen atoms in total. The fourth-order valence-electron chi connectivity index (χ4n) is 3.76. The van der Waals surface area contributed by atoms with Gasteiger partial charge in [-0.25, -0.2) is 0 Å². The molecule has 2 heterocycles. The Morgan fingerprint density at radius 3 is 1.95 bits per heavy atom. The van der Waals surface area contributed by atoms with E-state index in [-0.39, 0.29) is 0 Å². The molecule has 2 saturated heterocycles. The quantitative estimate of drug-likeness (QED) is 0.835. The summed E-state index contributed by atoms with van der Waals surface area (Å²) >= 11 is 0. The van der Waals surface area contributed by atoms with Crippen LogP contribution in [0.15, 0.2) is 0 Å². The van der Waals surface area contributed by atoms with Crippen LogP contribution in [0.5, 0.6) is 0 Å². The standard InChI is InChI=1S/C17H34N2/c1-17(2,3)19-13-9-16(10-14-19)6-4-5-15-7-11-18-12-8-15/h15-16,18H,4-14H2,1-3H3. The third kappa shape index (κ3) is 5.07. The summed E-state index contributed by atoms with van der Waals surface area (Å²) in [6.07, 6.45) is 10.2. The summed E-state index contributed by atoms with van der Waals surface area (Å²) in [5.41, 5.74) is 0.375. The smallest absolute Gasteiger partial charge is 0.0125 e. The first kappa shape index (κ1) is 15.3. The van der Waals surface area contributed by atoms with Crippen LogP contribution in [0, 0.1) is 11.8 Å². The number of piperidine rings is 2. The predicted molar refractivity (Wildman–Crippen MR) is 83.5 cm³/mol. The first-order valence-electron chi connectivity index (χ1n) is 8.51. The van der Waals surface area contributed by atoms with Crippen LogP contribution in [0.25, 0.3) is 0 Å². The van der Waals surface area contributed by atoms with Gasteiger partial charge in [0.2, 0.25) is 0 Å². The van der Waals surface area contributed by atoms with E-state index in [1.807, 2.05) is 0 Å². The lowest BCUT2D eigenvalue weighted by Gasteiger charge is -2.41. The molecule has 0 aromatic heterocycles. The lowest BCUT2D eigenvalue weighted by atomic mass is 9.86. The molecule has 0 unspecified atom stereocenters. The Hall–Kier alpha value is -0.0800. The fourth-order valence-corrected chi connectivity index (χ4v) is 3.76. The topological polar surface area (TPSA) is 15.3 Å². The molecule has 1 N–H and O–H groups in total. The normalized spacial score (nSPS) is 24.8. The van der Waals surface area contributed by atoms with E-state index in [9.17, 15) is 0 Å². The van der Waals surface area contributed by atoms with Crippen molar-refractivity contribution >= 4 is 0 Å². The fraction of sp³-hybridized carbons (Fsp3) is 1.00. The van der Waals surface area contributed by atoms with E-state index in [2.05, 4.69) is 31.0 Å². The molecule has 0 aromatic carbocycles. The van der Waals surface area contributed by atoms with Crippen LogP contribution >= 0.6 is 0 Å². The molecular formula is C17H34N2. The minimum absolute atomic E-state index is 0.375. The summed E-state index contributed by atoms with van der Waals surface area (Å²) in [7, 11) is 0. The number of rotatable bonds is 4. The molecule has 2 aliphatic heterocycles. The molecule has 0 atom stereocenters. The van der Waals surface area contributed by atoms with Crippen molar-refractivity contribution in [1.29, 1.82) is 0 Å². The summed E-state index contributed by atoms with van der Waals surface area (Å²) < 4.78 is 0.